The van der Waals surface area contributed by atoms with E-state index in [0.717, 1.165) is 42.9 Å². The van der Waals surface area contributed by atoms with Gasteiger partial charge in [0.25, 0.3) is 0 Å². The van der Waals surface area contributed by atoms with E-state index in [1.807, 2.05) is 31.2 Å². The number of amides is 1. The number of aromatic carboxylic acids is 1. The fourth-order valence-corrected chi connectivity index (χ4v) is 5.76. The van der Waals surface area contributed by atoms with Crippen molar-refractivity contribution >= 4 is 57.3 Å². The Morgan fingerprint density at radius 3 is 2.24 bits per heavy atom. The minimum atomic E-state index is -1.12. The van der Waals surface area contributed by atoms with Crippen molar-refractivity contribution in [3.8, 4) is 17.2 Å². The number of methoxy groups -OCH3 is 1. The second kappa shape index (κ2) is 15.1. The SMILES string of the molecule is COc1cc(CC(=O)NN(c2ccc(Oc3ccc(F)cc3)cc2)c2c(C)cccc2N2CCCCC2)c(Br)cc1C(=O)O.Cl. The van der Waals surface area contributed by atoms with Crippen LogP contribution in [0.1, 0.15) is 40.7 Å². The Bertz CT molecular complexity index is 1650. The third-order valence-corrected chi connectivity index (χ3v) is 8.21. The average molecular weight is 699 g/mol. The van der Waals surface area contributed by atoms with Crippen LogP contribution in [0.15, 0.2) is 83.3 Å². The lowest BCUT2D eigenvalue weighted by Gasteiger charge is -2.35. The van der Waals surface area contributed by atoms with Crippen molar-refractivity contribution in [2.75, 3.05) is 30.1 Å². The molecule has 0 radical (unpaired) electrons. The van der Waals surface area contributed by atoms with E-state index in [-0.39, 0.29) is 41.9 Å². The third kappa shape index (κ3) is 8.06. The van der Waals surface area contributed by atoms with Gasteiger partial charge in [0, 0.05) is 17.6 Å². The van der Waals surface area contributed by atoms with Gasteiger partial charge < -0.3 is 19.5 Å². The van der Waals surface area contributed by atoms with Crippen LogP contribution in [-0.4, -0.2) is 37.2 Å². The van der Waals surface area contributed by atoms with Gasteiger partial charge in [-0.15, -0.1) is 12.4 Å². The van der Waals surface area contributed by atoms with E-state index < -0.39 is 5.97 Å². The van der Waals surface area contributed by atoms with Gasteiger partial charge in [0.2, 0.25) is 5.91 Å². The largest absolute Gasteiger partial charge is 0.496 e. The smallest absolute Gasteiger partial charge is 0.339 e. The van der Waals surface area contributed by atoms with Crippen LogP contribution in [0.25, 0.3) is 0 Å². The van der Waals surface area contributed by atoms with Gasteiger partial charge in [0.1, 0.15) is 28.6 Å². The lowest BCUT2D eigenvalue weighted by atomic mass is 10.1. The number of carboxylic acid groups (broad SMARTS) is 1. The quantitative estimate of drug-likeness (QED) is 0.161. The molecule has 0 unspecified atom stereocenters. The predicted octanol–water partition coefficient (Wildman–Crippen LogP) is 8.22. The minimum Gasteiger partial charge on any atom is -0.496 e. The molecule has 45 heavy (non-hydrogen) atoms. The molecule has 4 aromatic rings. The normalized spacial score (nSPS) is 12.6. The first kappa shape index (κ1) is 33.6. The molecule has 1 fully saturated rings. The number of nitrogens with one attached hydrogen (secondary N) is 1. The highest BCUT2D eigenvalue weighted by Crippen LogP contribution is 2.38. The van der Waals surface area contributed by atoms with Gasteiger partial charge in [-0.1, -0.05) is 28.1 Å². The molecule has 1 amide bonds. The average Bonchev–Trinajstić information content (AvgIpc) is 3.02. The number of anilines is 3. The topological polar surface area (TPSA) is 91.3 Å². The molecule has 4 aromatic carbocycles. The zero-order valence-electron chi connectivity index (χ0n) is 24.9. The number of hydrogen-bond donors (Lipinski definition) is 2. The molecule has 0 atom stereocenters. The van der Waals surface area contributed by atoms with Gasteiger partial charge in [0.15, 0.2) is 0 Å². The molecule has 0 spiro atoms. The fourth-order valence-electron chi connectivity index (χ4n) is 5.28. The van der Waals surface area contributed by atoms with Gasteiger partial charge in [-0.05, 0) is 104 Å². The zero-order valence-corrected chi connectivity index (χ0v) is 27.3. The van der Waals surface area contributed by atoms with Gasteiger partial charge >= 0.3 is 5.97 Å². The number of hydrazine groups is 1. The number of rotatable bonds is 10. The van der Waals surface area contributed by atoms with E-state index in [9.17, 15) is 19.1 Å². The van der Waals surface area contributed by atoms with Crippen molar-refractivity contribution in [3.05, 3.63) is 106 Å². The molecular weight excluding hydrogens is 665 g/mol. The van der Waals surface area contributed by atoms with E-state index in [2.05, 4.69) is 32.3 Å². The summed E-state index contributed by atoms with van der Waals surface area (Å²) in [5.74, 6) is -0.544. The molecule has 1 heterocycles. The van der Waals surface area contributed by atoms with Crippen molar-refractivity contribution in [1.82, 2.24) is 5.43 Å². The number of benzene rings is 4. The molecule has 1 aliphatic rings. The lowest BCUT2D eigenvalue weighted by Crippen LogP contribution is -2.41. The van der Waals surface area contributed by atoms with E-state index in [1.165, 1.54) is 31.7 Å². The van der Waals surface area contributed by atoms with Crippen molar-refractivity contribution < 1.29 is 28.6 Å². The standard InChI is InChI=1S/C34H33BrFN3O5.ClH/c1-22-7-6-8-30(38-17-4-3-5-18-38)33(22)39(25-11-15-27(16-12-25)44-26-13-9-24(36)10-14-26)37-32(40)20-23-19-31(43-2)28(34(41)42)21-29(23)35;/h6-16,19,21H,3-5,17-18,20H2,1-2H3,(H,37,40)(H,41,42);1H. The summed E-state index contributed by atoms with van der Waals surface area (Å²) in [4.78, 5) is 27.7. The number of para-hydroxylation sites is 1. The molecular formula is C34H34BrClFN3O5. The first-order chi connectivity index (χ1) is 21.2. The molecule has 5 rings (SSSR count). The molecule has 0 aromatic heterocycles. The molecule has 8 nitrogen and oxygen atoms in total. The Kier molecular flexibility index (Phi) is 11.3. The molecule has 1 saturated heterocycles. The maximum Gasteiger partial charge on any atom is 0.339 e. The Morgan fingerprint density at radius 1 is 0.978 bits per heavy atom. The molecule has 0 saturated carbocycles. The molecule has 1 aliphatic heterocycles. The van der Waals surface area contributed by atoms with Crippen molar-refractivity contribution in [2.45, 2.75) is 32.6 Å². The first-order valence-corrected chi connectivity index (χ1v) is 15.1. The number of ether oxygens (including phenoxy) is 2. The summed E-state index contributed by atoms with van der Waals surface area (Å²) in [5.41, 5.74) is 7.24. The van der Waals surface area contributed by atoms with Crippen LogP contribution in [0, 0.1) is 12.7 Å². The van der Waals surface area contributed by atoms with Gasteiger partial charge in [-0.2, -0.15) is 0 Å². The van der Waals surface area contributed by atoms with Crippen LogP contribution in [0.4, 0.5) is 21.5 Å². The van der Waals surface area contributed by atoms with Crippen molar-refractivity contribution in [3.63, 3.8) is 0 Å². The molecule has 2 N–H and O–H groups in total. The molecule has 236 valence electrons. The summed E-state index contributed by atoms with van der Waals surface area (Å²) < 4.78 is 25.0. The highest BCUT2D eigenvalue weighted by molar-refractivity contribution is 9.10. The number of halogens is 3. The number of aryl methyl sites for hydroxylation is 1. The van der Waals surface area contributed by atoms with E-state index in [1.54, 1.807) is 35.3 Å². The van der Waals surface area contributed by atoms with Crippen LogP contribution in [-0.2, 0) is 11.2 Å². The Morgan fingerprint density at radius 2 is 1.62 bits per heavy atom. The summed E-state index contributed by atoms with van der Waals surface area (Å²) in [6.45, 7) is 3.86. The van der Waals surface area contributed by atoms with Crippen molar-refractivity contribution in [1.29, 1.82) is 0 Å². The van der Waals surface area contributed by atoms with Gasteiger partial charge in [0.05, 0.1) is 30.6 Å². The maximum absolute atomic E-state index is 13.7. The number of carbonyl (C=O) groups excluding carboxylic acids is 1. The Balaban J connectivity index is 0.00000461. The van der Waals surface area contributed by atoms with Crippen LogP contribution in [0.2, 0.25) is 0 Å². The van der Waals surface area contributed by atoms with E-state index >= 15 is 0 Å². The van der Waals surface area contributed by atoms with E-state index in [4.69, 9.17) is 9.47 Å². The number of carbonyl (C=O) groups is 2. The zero-order chi connectivity index (χ0) is 31.2. The predicted molar refractivity (Wildman–Crippen MR) is 179 cm³/mol. The Hall–Kier alpha value is -4.28. The number of carboxylic acids is 1. The van der Waals surface area contributed by atoms with Crippen LogP contribution >= 0.6 is 28.3 Å². The maximum atomic E-state index is 13.7. The third-order valence-electron chi connectivity index (χ3n) is 7.47. The summed E-state index contributed by atoms with van der Waals surface area (Å²) in [5, 5.41) is 11.3. The van der Waals surface area contributed by atoms with Crippen molar-refractivity contribution in [2.24, 2.45) is 0 Å². The number of piperidine rings is 1. The van der Waals surface area contributed by atoms with Gasteiger partial charge in [-0.25, -0.2) is 9.18 Å². The van der Waals surface area contributed by atoms with Crippen LogP contribution in [0.5, 0.6) is 17.2 Å². The second-order valence-electron chi connectivity index (χ2n) is 10.5. The number of nitrogens with zero attached hydrogens (tertiary/aromatic N) is 2. The summed E-state index contributed by atoms with van der Waals surface area (Å²) in [6.07, 6.45) is 3.34. The summed E-state index contributed by atoms with van der Waals surface area (Å²) in [7, 11) is 1.39. The van der Waals surface area contributed by atoms with Gasteiger partial charge in [-0.3, -0.25) is 15.2 Å². The molecule has 0 bridgehead atoms. The van der Waals surface area contributed by atoms with E-state index in [0.29, 0.717) is 27.2 Å². The van der Waals surface area contributed by atoms with Crippen LogP contribution < -0.4 is 24.8 Å². The highest BCUT2D eigenvalue weighted by Gasteiger charge is 2.24. The highest BCUT2D eigenvalue weighted by atomic mass is 79.9. The minimum absolute atomic E-state index is 0. The number of hydrogen-bond acceptors (Lipinski definition) is 6. The summed E-state index contributed by atoms with van der Waals surface area (Å²) in [6, 6.07) is 22.2. The molecule has 11 heteroatoms. The first-order valence-electron chi connectivity index (χ1n) is 14.3. The fraction of sp³-hybridized carbons (Fsp3) is 0.235. The Labute approximate surface area is 276 Å². The lowest BCUT2D eigenvalue weighted by molar-refractivity contribution is -0.120. The monoisotopic (exact) mass is 697 g/mol. The van der Waals surface area contributed by atoms with Crippen LogP contribution in [0.3, 0.4) is 0 Å². The summed E-state index contributed by atoms with van der Waals surface area (Å²) >= 11 is 3.42. The second-order valence-corrected chi connectivity index (χ2v) is 11.4. The molecule has 0 aliphatic carbocycles.